The predicted molar refractivity (Wildman–Crippen MR) is 104 cm³/mol. The van der Waals surface area contributed by atoms with Gasteiger partial charge in [0.05, 0.1) is 5.69 Å². The molecule has 2 bridgehead atoms. The van der Waals surface area contributed by atoms with Gasteiger partial charge >= 0.3 is 0 Å². The summed E-state index contributed by atoms with van der Waals surface area (Å²) in [6.07, 6.45) is 11.6. The molecule has 0 aliphatic carbocycles. The van der Waals surface area contributed by atoms with Crippen molar-refractivity contribution >= 4 is 11.2 Å². The van der Waals surface area contributed by atoms with Crippen molar-refractivity contribution in [1.29, 1.82) is 0 Å². The van der Waals surface area contributed by atoms with Crippen molar-refractivity contribution in [2.24, 2.45) is 0 Å². The largest absolute Gasteiger partial charge is 0.289 e. The van der Waals surface area contributed by atoms with Gasteiger partial charge in [0.25, 0.3) is 0 Å². The van der Waals surface area contributed by atoms with Crippen molar-refractivity contribution in [1.82, 2.24) is 19.5 Å². The van der Waals surface area contributed by atoms with Crippen molar-refractivity contribution in [2.45, 2.75) is 51.2 Å². The Bertz CT molecular complexity index is 957. The molecular weight excluding hydrogens is 320 g/mol. The van der Waals surface area contributed by atoms with E-state index in [9.17, 15) is 0 Å². The van der Waals surface area contributed by atoms with Gasteiger partial charge in [-0.15, -0.1) is 0 Å². The van der Waals surface area contributed by atoms with Crippen LogP contribution >= 0.6 is 0 Å². The number of piperidine rings is 1. The second-order valence-corrected chi connectivity index (χ2v) is 7.64. The fourth-order valence-corrected chi connectivity index (χ4v) is 4.53. The molecule has 2 aromatic heterocycles. The molecule has 0 N–H and O–H groups in total. The van der Waals surface area contributed by atoms with E-state index in [1.807, 2.05) is 23.7 Å². The van der Waals surface area contributed by atoms with Crippen LogP contribution in [0.4, 0.5) is 0 Å². The normalized spacial score (nSPS) is 23.2. The minimum absolute atomic E-state index is 0.535. The van der Waals surface area contributed by atoms with Crippen LogP contribution in [0.25, 0.3) is 11.2 Å². The molecular formula is C22H24N4. The van der Waals surface area contributed by atoms with E-state index in [0.29, 0.717) is 12.1 Å². The summed E-state index contributed by atoms with van der Waals surface area (Å²) in [7, 11) is 0. The minimum Gasteiger partial charge on any atom is -0.289 e. The summed E-state index contributed by atoms with van der Waals surface area (Å²) in [5.41, 5.74) is 6.01. The first kappa shape index (κ1) is 15.8. The second-order valence-electron chi connectivity index (χ2n) is 7.64. The molecule has 4 heterocycles. The third-order valence-electron chi connectivity index (χ3n) is 5.80. The molecule has 4 nitrogen and oxygen atoms in total. The lowest BCUT2D eigenvalue weighted by atomic mass is 9.83. The fraction of sp³-hybridized carbons (Fsp3) is 0.364. The Morgan fingerprint density at radius 1 is 1.15 bits per heavy atom. The maximum atomic E-state index is 4.60. The van der Waals surface area contributed by atoms with Crippen molar-refractivity contribution in [3.63, 3.8) is 0 Å². The van der Waals surface area contributed by atoms with E-state index in [4.69, 9.17) is 0 Å². The van der Waals surface area contributed by atoms with E-state index in [-0.39, 0.29) is 0 Å². The second kappa shape index (κ2) is 6.36. The molecule has 0 amide bonds. The Morgan fingerprint density at radius 2 is 2.04 bits per heavy atom. The summed E-state index contributed by atoms with van der Waals surface area (Å²) in [6.45, 7) is 3.07. The maximum Gasteiger partial charge on any atom is 0.155 e. The Kier molecular flexibility index (Phi) is 3.86. The van der Waals surface area contributed by atoms with Crippen LogP contribution in [-0.4, -0.2) is 31.6 Å². The maximum absolute atomic E-state index is 4.60. The van der Waals surface area contributed by atoms with Crippen LogP contribution in [0.1, 0.15) is 42.5 Å². The summed E-state index contributed by atoms with van der Waals surface area (Å²) in [5.74, 6) is 0. The lowest BCUT2D eigenvalue weighted by Crippen LogP contribution is -2.47. The van der Waals surface area contributed by atoms with Gasteiger partial charge in [-0.2, -0.15) is 5.10 Å². The van der Waals surface area contributed by atoms with Crippen LogP contribution in [-0.2, 0) is 6.54 Å². The van der Waals surface area contributed by atoms with Gasteiger partial charge in [-0.1, -0.05) is 42.8 Å². The molecule has 0 saturated carbocycles. The molecule has 3 aromatic rings. The van der Waals surface area contributed by atoms with Gasteiger partial charge < -0.3 is 0 Å². The third-order valence-corrected chi connectivity index (χ3v) is 5.80. The number of aromatic nitrogens is 3. The zero-order chi connectivity index (χ0) is 17.5. The molecule has 5 rings (SSSR count). The summed E-state index contributed by atoms with van der Waals surface area (Å²) in [5, 5.41) is 4.53. The van der Waals surface area contributed by atoms with Crippen LogP contribution in [0.2, 0.25) is 0 Å². The lowest BCUT2D eigenvalue weighted by Gasteiger charge is -2.45. The first-order valence-electron chi connectivity index (χ1n) is 9.59. The van der Waals surface area contributed by atoms with Crippen LogP contribution in [0.5, 0.6) is 0 Å². The monoisotopic (exact) mass is 344 g/mol. The lowest BCUT2D eigenvalue weighted by molar-refractivity contribution is 0.0951. The molecule has 2 atom stereocenters. The quantitative estimate of drug-likeness (QED) is 0.712. The van der Waals surface area contributed by atoms with E-state index in [2.05, 4.69) is 57.6 Å². The predicted octanol–water partition coefficient (Wildman–Crippen LogP) is 4.25. The Balaban J connectivity index is 1.45. The molecule has 4 heteroatoms. The van der Waals surface area contributed by atoms with E-state index in [1.54, 1.807) is 0 Å². The SMILES string of the molecule is Cc1cc2ncc(C3=CC4CCCC(C3)N4Cc3ccccc3)cn2n1. The third kappa shape index (κ3) is 2.84. The van der Waals surface area contributed by atoms with Crippen molar-refractivity contribution in [3.05, 3.63) is 71.7 Å². The number of fused-ring (bicyclic) bond motifs is 3. The van der Waals surface area contributed by atoms with Gasteiger partial charge in [0, 0.05) is 42.7 Å². The highest BCUT2D eigenvalue weighted by molar-refractivity contribution is 5.67. The molecule has 2 unspecified atom stereocenters. The number of benzene rings is 1. The van der Waals surface area contributed by atoms with Crippen molar-refractivity contribution in [2.75, 3.05) is 0 Å². The molecule has 2 aliphatic heterocycles. The molecule has 26 heavy (non-hydrogen) atoms. The Labute approximate surface area is 154 Å². The Morgan fingerprint density at radius 3 is 2.88 bits per heavy atom. The zero-order valence-electron chi connectivity index (χ0n) is 15.2. The summed E-state index contributed by atoms with van der Waals surface area (Å²) < 4.78 is 1.91. The van der Waals surface area contributed by atoms with E-state index >= 15 is 0 Å². The molecule has 2 aliphatic rings. The highest BCUT2D eigenvalue weighted by atomic mass is 15.2. The van der Waals surface area contributed by atoms with E-state index in [1.165, 1.54) is 36.0 Å². The Hall–Kier alpha value is -2.46. The first-order valence-corrected chi connectivity index (χ1v) is 9.59. The van der Waals surface area contributed by atoms with Gasteiger partial charge in [0.15, 0.2) is 5.65 Å². The van der Waals surface area contributed by atoms with Gasteiger partial charge in [-0.3, -0.25) is 4.90 Å². The van der Waals surface area contributed by atoms with Crippen LogP contribution in [0.15, 0.2) is 54.9 Å². The minimum atomic E-state index is 0.535. The molecule has 132 valence electrons. The molecule has 1 fully saturated rings. The smallest absolute Gasteiger partial charge is 0.155 e. The molecule has 0 spiro atoms. The fourth-order valence-electron chi connectivity index (χ4n) is 4.53. The standard InChI is InChI=1S/C22H24N4/c1-16-10-22-23-13-19(15-26(22)24-16)18-11-20-8-5-9-21(12-18)25(20)14-17-6-3-2-4-7-17/h2-4,6-7,10-11,13,15,20-21H,5,8-9,12,14H2,1H3. The van der Waals surface area contributed by atoms with Crippen LogP contribution in [0, 0.1) is 6.92 Å². The summed E-state index contributed by atoms with van der Waals surface area (Å²) in [4.78, 5) is 7.30. The molecule has 1 aromatic carbocycles. The van der Waals surface area contributed by atoms with E-state index in [0.717, 1.165) is 24.3 Å². The van der Waals surface area contributed by atoms with Crippen molar-refractivity contribution < 1.29 is 0 Å². The number of hydrogen-bond donors (Lipinski definition) is 0. The highest BCUT2D eigenvalue weighted by Gasteiger charge is 2.34. The van der Waals surface area contributed by atoms with Gasteiger partial charge in [0.1, 0.15) is 0 Å². The number of hydrogen-bond acceptors (Lipinski definition) is 3. The van der Waals surface area contributed by atoms with Gasteiger partial charge in [0.2, 0.25) is 0 Å². The average Bonchev–Trinajstić information content (AvgIpc) is 3.01. The van der Waals surface area contributed by atoms with Gasteiger partial charge in [-0.05, 0) is 37.3 Å². The first-order chi connectivity index (χ1) is 12.8. The number of aryl methyl sites for hydroxylation is 1. The van der Waals surface area contributed by atoms with Crippen molar-refractivity contribution in [3.8, 4) is 0 Å². The zero-order valence-corrected chi connectivity index (χ0v) is 15.2. The average molecular weight is 344 g/mol. The molecule has 1 saturated heterocycles. The number of rotatable bonds is 3. The van der Waals surface area contributed by atoms with Crippen LogP contribution in [0.3, 0.4) is 0 Å². The summed E-state index contributed by atoms with van der Waals surface area (Å²) >= 11 is 0. The van der Waals surface area contributed by atoms with Gasteiger partial charge in [-0.25, -0.2) is 9.50 Å². The van der Waals surface area contributed by atoms with Crippen LogP contribution < -0.4 is 0 Å². The molecule has 0 radical (unpaired) electrons. The topological polar surface area (TPSA) is 33.4 Å². The number of nitrogens with zero attached hydrogens (tertiary/aromatic N) is 4. The highest BCUT2D eigenvalue weighted by Crippen LogP contribution is 2.37. The van der Waals surface area contributed by atoms with E-state index < -0.39 is 0 Å². The summed E-state index contributed by atoms with van der Waals surface area (Å²) in [6, 6.07) is 14.1.